The number of ether oxygens (including phenoxy) is 1. The third-order valence-electron chi connectivity index (χ3n) is 3.08. The van der Waals surface area contributed by atoms with Crippen molar-refractivity contribution in [2.24, 2.45) is 0 Å². The zero-order chi connectivity index (χ0) is 14.7. The number of carbonyl (C=O) groups is 1. The first-order chi connectivity index (χ1) is 9.54. The normalized spacial score (nSPS) is 11.4. The molecular formula is C13H21N5O2. The fourth-order valence-electron chi connectivity index (χ4n) is 2.22. The molecule has 0 aliphatic rings. The first kappa shape index (κ1) is 14.5. The van der Waals surface area contributed by atoms with Gasteiger partial charge in [0.2, 0.25) is 5.91 Å². The van der Waals surface area contributed by atoms with E-state index in [4.69, 9.17) is 4.74 Å². The summed E-state index contributed by atoms with van der Waals surface area (Å²) >= 11 is 0. The number of hydrogen-bond donors (Lipinski definition) is 1. The van der Waals surface area contributed by atoms with Crippen LogP contribution in [0.15, 0.2) is 6.20 Å². The van der Waals surface area contributed by atoms with Crippen molar-refractivity contribution in [2.45, 2.75) is 33.4 Å². The molecule has 0 aliphatic heterocycles. The molecular weight excluding hydrogens is 258 g/mol. The lowest BCUT2D eigenvalue weighted by Crippen LogP contribution is -2.30. The second kappa shape index (κ2) is 6.04. The van der Waals surface area contributed by atoms with Crippen LogP contribution < -0.4 is 5.32 Å². The van der Waals surface area contributed by atoms with Crippen LogP contribution in [0, 0.1) is 6.92 Å². The van der Waals surface area contributed by atoms with Crippen LogP contribution in [0.1, 0.15) is 25.6 Å². The molecule has 7 nitrogen and oxygen atoms in total. The topological polar surface area (TPSA) is 74.0 Å². The standard InChI is InChI=1S/C13H21N5O2/c1-9(2)18-11-7-15-17(13(11)10(3)16-18)6-5-14-12(19)8-20-4/h7,9H,5-6,8H2,1-4H3,(H,14,19). The summed E-state index contributed by atoms with van der Waals surface area (Å²) in [7, 11) is 1.50. The minimum Gasteiger partial charge on any atom is -0.375 e. The van der Waals surface area contributed by atoms with Gasteiger partial charge in [-0.1, -0.05) is 0 Å². The van der Waals surface area contributed by atoms with Crippen molar-refractivity contribution in [2.75, 3.05) is 20.3 Å². The minimum absolute atomic E-state index is 0.0822. The van der Waals surface area contributed by atoms with Gasteiger partial charge in [0.25, 0.3) is 0 Å². The van der Waals surface area contributed by atoms with Crippen LogP contribution in [0.3, 0.4) is 0 Å². The number of nitrogens with zero attached hydrogens (tertiary/aromatic N) is 4. The fraction of sp³-hybridized carbons (Fsp3) is 0.615. The Morgan fingerprint density at radius 2 is 2.25 bits per heavy atom. The second-order valence-electron chi connectivity index (χ2n) is 5.01. The number of rotatable bonds is 6. The molecule has 0 atom stereocenters. The van der Waals surface area contributed by atoms with Gasteiger partial charge < -0.3 is 10.1 Å². The Balaban J connectivity index is 2.10. The van der Waals surface area contributed by atoms with Crippen molar-refractivity contribution < 1.29 is 9.53 Å². The lowest BCUT2D eigenvalue weighted by atomic mass is 10.3. The van der Waals surface area contributed by atoms with E-state index in [0.29, 0.717) is 19.1 Å². The van der Waals surface area contributed by atoms with Crippen molar-refractivity contribution in [3.63, 3.8) is 0 Å². The van der Waals surface area contributed by atoms with Crippen LogP contribution in [0.5, 0.6) is 0 Å². The van der Waals surface area contributed by atoms with Crippen molar-refractivity contribution in [3.05, 3.63) is 11.9 Å². The number of aromatic nitrogens is 4. The quantitative estimate of drug-likeness (QED) is 0.852. The summed E-state index contributed by atoms with van der Waals surface area (Å²) in [6, 6.07) is 0.297. The first-order valence-corrected chi connectivity index (χ1v) is 6.70. The molecule has 0 radical (unpaired) electrons. The number of fused-ring (bicyclic) bond motifs is 1. The maximum absolute atomic E-state index is 11.3. The number of methoxy groups -OCH3 is 1. The zero-order valence-electron chi connectivity index (χ0n) is 12.4. The first-order valence-electron chi connectivity index (χ1n) is 6.70. The average Bonchev–Trinajstić information content (AvgIpc) is 2.92. The lowest BCUT2D eigenvalue weighted by molar-refractivity contribution is -0.124. The largest absolute Gasteiger partial charge is 0.375 e. The molecule has 0 bridgehead atoms. The van der Waals surface area contributed by atoms with Gasteiger partial charge in [0.1, 0.15) is 17.6 Å². The number of aryl methyl sites for hydroxylation is 1. The van der Waals surface area contributed by atoms with Crippen molar-refractivity contribution in [3.8, 4) is 0 Å². The summed E-state index contributed by atoms with van der Waals surface area (Å²) in [5.41, 5.74) is 3.01. The van der Waals surface area contributed by atoms with E-state index >= 15 is 0 Å². The lowest BCUT2D eigenvalue weighted by Gasteiger charge is -2.05. The number of hydrogen-bond acceptors (Lipinski definition) is 4. The predicted molar refractivity (Wildman–Crippen MR) is 75.5 cm³/mol. The summed E-state index contributed by atoms with van der Waals surface area (Å²) in [6.07, 6.45) is 1.83. The van der Waals surface area contributed by atoms with Gasteiger partial charge in [-0.05, 0) is 20.8 Å². The minimum atomic E-state index is -0.120. The number of carbonyl (C=O) groups excluding carboxylic acids is 1. The molecule has 0 saturated heterocycles. The maximum Gasteiger partial charge on any atom is 0.246 e. The maximum atomic E-state index is 11.3. The molecule has 0 spiro atoms. The van der Waals surface area contributed by atoms with E-state index in [-0.39, 0.29) is 12.5 Å². The van der Waals surface area contributed by atoms with Crippen molar-refractivity contribution in [1.29, 1.82) is 0 Å². The molecule has 20 heavy (non-hydrogen) atoms. The van der Waals surface area contributed by atoms with Gasteiger partial charge in [0.15, 0.2) is 0 Å². The molecule has 0 unspecified atom stereocenters. The van der Waals surface area contributed by atoms with Crippen molar-refractivity contribution >= 4 is 16.9 Å². The molecule has 110 valence electrons. The molecule has 7 heteroatoms. The van der Waals surface area contributed by atoms with Crippen LogP contribution >= 0.6 is 0 Å². The van der Waals surface area contributed by atoms with Crippen molar-refractivity contribution in [1.82, 2.24) is 24.9 Å². The van der Waals surface area contributed by atoms with E-state index in [0.717, 1.165) is 16.7 Å². The summed E-state index contributed by atoms with van der Waals surface area (Å²) in [6.45, 7) is 7.37. The molecule has 0 fully saturated rings. The van der Waals surface area contributed by atoms with E-state index in [1.807, 2.05) is 22.5 Å². The van der Waals surface area contributed by atoms with Crippen LogP contribution in [0.25, 0.3) is 11.0 Å². The highest BCUT2D eigenvalue weighted by molar-refractivity contribution is 5.78. The third-order valence-corrected chi connectivity index (χ3v) is 3.08. The van der Waals surface area contributed by atoms with Gasteiger partial charge in [-0.25, -0.2) is 0 Å². The highest BCUT2D eigenvalue weighted by atomic mass is 16.5. The average molecular weight is 279 g/mol. The Kier molecular flexibility index (Phi) is 4.39. The number of amides is 1. The Morgan fingerprint density at radius 1 is 1.50 bits per heavy atom. The summed E-state index contributed by atoms with van der Waals surface area (Å²) in [4.78, 5) is 11.3. The summed E-state index contributed by atoms with van der Waals surface area (Å²) in [5.74, 6) is -0.120. The van der Waals surface area contributed by atoms with E-state index in [2.05, 4.69) is 29.4 Å². The Bertz CT molecular complexity index is 599. The van der Waals surface area contributed by atoms with Gasteiger partial charge in [-0.3, -0.25) is 14.2 Å². The highest BCUT2D eigenvalue weighted by Crippen LogP contribution is 2.20. The molecule has 2 aromatic heterocycles. The molecule has 0 aliphatic carbocycles. The van der Waals surface area contributed by atoms with Crippen LogP contribution in [-0.2, 0) is 16.1 Å². The van der Waals surface area contributed by atoms with E-state index in [1.165, 1.54) is 7.11 Å². The second-order valence-corrected chi connectivity index (χ2v) is 5.01. The van der Waals surface area contributed by atoms with Gasteiger partial charge in [0.05, 0.1) is 18.4 Å². The van der Waals surface area contributed by atoms with E-state index < -0.39 is 0 Å². The molecule has 0 aromatic carbocycles. The fourth-order valence-corrected chi connectivity index (χ4v) is 2.22. The monoisotopic (exact) mass is 279 g/mol. The van der Waals surface area contributed by atoms with Gasteiger partial charge in [0, 0.05) is 19.7 Å². The molecule has 1 N–H and O–H groups in total. The Morgan fingerprint density at radius 3 is 2.90 bits per heavy atom. The van der Waals surface area contributed by atoms with E-state index in [1.54, 1.807) is 0 Å². The predicted octanol–water partition coefficient (Wildman–Crippen LogP) is 0.885. The molecule has 2 aromatic rings. The molecule has 0 saturated carbocycles. The molecule has 1 amide bonds. The summed E-state index contributed by atoms with van der Waals surface area (Å²) in [5, 5.41) is 11.7. The van der Waals surface area contributed by atoms with Crippen LogP contribution in [0.2, 0.25) is 0 Å². The molecule has 2 heterocycles. The number of nitrogens with one attached hydrogen (secondary N) is 1. The van der Waals surface area contributed by atoms with Crippen LogP contribution in [0.4, 0.5) is 0 Å². The molecule has 2 rings (SSSR count). The van der Waals surface area contributed by atoms with E-state index in [9.17, 15) is 4.79 Å². The third kappa shape index (κ3) is 2.82. The Labute approximate surface area is 117 Å². The Hall–Kier alpha value is -1.89. The summed E-state index contributed by atoms with van der Waals surface area (Å²) < 4.78 is 8.61. The smallest absolute Gasteiger partial charge is 0.246 e. The highest BCUT2D eigenvalue weighted by Gasteiger charge is 2.14. The van der Waals surface area contributed by atoms with Gasteiger partial charge in [-0.15, -0.1) is 0 Å². The van der Waals surface area contributed by atoms with Gasteiger partial charge >= 0.3 is 0 Å². The zero-order valence-corrected chi connectivity index (χ0v) is 12.4. The SMILES string of the molecule is COCC(=O)NCCn1ncc2c1c(C)nn2C(C)C. The van der Waals surface area contributed by atoms with Crippen LogP contribution in [-0.4, -0.2) is 45.7 Å². The van der Waals surface area contributed by atoms with Gasteiger partial charge in [-0.2, -0.15) is 10.2 Å².